The zero-order valence-electron chi connectivity index (χ0n) is 19.5. The second kappa shape index (κ2) is 10.4. The normalized spacial score (nSPS) is 21.2. The Morgan fingerprint density at radius 2 is 2.09 bits per heavy atom. The molecule has 2 aliphatic rings. The van der Waals surface area contributed by atoms with Crippen LogP contribution in [0.2, 0.25) is 0 Å². The first-order valence-electron chi connectivity index (χ1n) is 11.4. The number of likely N-dealkylation sites (tertiary alicyclic amines) is 1. The van der Waals surface area contributed by atoms with E-state index in [1.807, 2.05) is 13.8 Å². The van der Waals surface area contributed by atoms with Crippen molar-refractivity contribution in [1.29, 1.82) is 0 Å². The number of ketones is 1. The zero-order chi connectivity index (χ0) is 25.2. The third kappa shape index (κ3) is 5.71. The lowest BCUT2D eigenvalue weighted by molar-refractivity contribution is -0.138. The predicted octanol–water partition coefficient (Wildman–Crippen LogP) is 2.03. The summed E-state index contributed by atoms with van der Waals surface area (Å²) in [6.07, 6.45) is 2.99. The highest BCUT2D eigenvalue weighted by atomic mass is 32.2. The number of aromatic nitrogens is 1. The first-order chi connectivity index (χ1) is 16.7. The van der Waals surface area contributed by atoms with Gasteiger partial charge in [0.1, 0.15) is 12.1 Å². The van der Waals surface area contributed by atoms with Crippen LogP contribution in [-0.2, 0) is 25.4 Å². The van der Waals surface area contributed by atoms with E-state index < -0.39 is 40.1 Å². The molecule has 0 radical (unpaired) electrons. The molecule has 4 rings (SSSR count). The standard InChI is InChI=1S/C23H28N4O6S2/c1-15(2)11-17(25-23(30)33-20-6-4-10-34-20)22(29)26-9-7-18-21(26)19(28)13-27(18)35(31,32)14-16-5-3-8-24-12-16/h3-6,8,10,12,15,17-18,21H,7,9,11,13-14H2,1-2H3,(H,25,30). The Morgan fingerprint density at radius 3 is 2.74 bits per heavy atom. The lowest BCUT2D eigenvalue weighted by Gasteiger charge is -2.28. The topological polar surface area (TPSA) is 126 Å². The maximum Gasteiger partial charge on any atom is 0.414 e. The summed E-state index contributed by atoms with van der Waals surface area (Å²) in [5.41, 5.74) is 0.528. The van der Waals surface area contributed by atoms with Gasteiger partial charge in [-0.15, -0.1) is 11.3 Å². The van der Waals surface area contributed by atoms with Crippen molar-refractivity contribution in [1.82, 2.24) is 19.5 Å². The molecule has 2 saturated heterocycles. The Bertz CT molecular complexity index is 1170. The molecule has 10 nitrogen and oxygen atoms in total. The number of nitrogens with zero attached hydrogens (tertiary/aromatic N) is 3. The first kappa shape index (κ1) is 25.3. The van der Waals surface area contributed by atoms with E-state index in [9.17, 15) is 22.8 Å². The number of ether oxygens (including phenoxy) is 1. The number of amides is 2. The lowest BCUT2D eigenvalue weighted by atomic mass is 10.0. The van der Waals surface area contributed by atoms with E-state index in [1.54, 1.807) is 35.8 Å². The number of thiophene rings is 1. The molecule has 0 spiro atoms. The molecule has 3 unspecified atom stereocenters. The van der Waals surface area contributed by atoms with Gasteiger partial charge in [-0.1, -0.05) is 19.9 Å². The molecule has 3 atom stereocenters. The highest BCUT2D eigenvalue weighted by Gasteiger charge is 2.54. The Kier molecular flexibility index (Phi) is 7.53. The summed E-state index contributed by atoms with van der Waals surface area (Å²) in [5, 5.41) is 4.81. The molecule has 12 heteroatoms. The summed E-state index contributed by atoms with van der Waals surface area (Å²) in [6.45, 7) is 3.80. The average Bonchev–Trinajstić information content (AvgIpc) is 3.52. The van der Waals surface area contributed by atoms with E-state index in [-0.39, 0.29) is 30.5 Å². The van der Waals surface area contributed by atoms with Crippen molar-refractivity contribution in [3.8, 4) is 5.06 Å². The number of nitrogens with one attached hydrogen (secondary N) is 1. The molecule has 2 amide bonds. The van der Waals surface area contributed by atoms with Crippen molar-refractivity contribution >= 4 is 39.1 Å². The minimum absolute atomic E-state index is 0.0834. The number of pyridine rings is 1. The van der Waals surface area contributed by atoms with E-state index in [2.05, 4.69) is 10.3 Å². The van der Waals surface area contributed by atoms with Crippen LogP contribution in [0.3, 0.4) is 0 Å². The summed E-state index contributed by atoms with van der Waals surface area (Å²) in [6, 6.07) is 4.34. The van der Waals surface area contributed by atoms with Crippen LogP contribution in [0, 0.1) is 5.92 Å². The van der Waals surface area contributed by atoms with Gasteiger partial charge in [0.25, 0.3) is 0 Å². The average molecular weight is 521 g/mol. The number of Topliss-reactive ketones (excluding diaryl/α,β-unsaturated/α-hetero) is 1. The third-order valence-electron chi connectivity index (χ3n) is 6.08. The van der Waals surface area contributed by atoms with E-state index in [4.69, 9.17) is 4.74 Å². The zero-order valence-corrected chi connectivity index (χ0v) is 21.1. The van der Waals surface area contributed by atoms with Gasteiger partial charge < -0.3 is 15.0 Å². The number of carbonyl (C=O) groups is 3. The van der Waals surface area contributed by atoms with Crippen molar-refractivity contribution in [2.45, 2.75) is 50.6 Å². The van der Waals surface area contributed by atoms with Gasteiger partial charge in [0, 0.05) is 18.9 Å². The lowest BCUT2D eigenvalue weighted by Crippen LogP contribution is -2.53. The molecule has 2 aliphatic heterocycles. The number of hydrogen-bond acceptors (Lipinski definition) is 8. The van der Waals surface area contributed by atoms with Gasteiger partial charge in [0.2, 0.25) is 15.9 Å². The van der Waals surface area contributed by atoms with E-state index >= 15 is 0 Å². The smallest absolute Gasteiger partial charge is 0.399 e. The van der Waals surface area contributed by atoms with Gasteiger partial charge in [-0.05, 0) is 47.9 Å². The quantitative estimate of drug-likeness (QED) is 0.564. The van der Waals surface area contributed by atoms with Gasteiger partial charge in [0.05, 0.1) is 18.3 Å². The second-order valence-corrected chi connectivity index (χ2v) is 11.9. The molecular weight excluding hydrogens is 492 g/mol. The van der Waals surface area contributed by atoms with Gasteiger partial charge in [0.15, 0.2) is 10.8 Å². The fourth-order valence-electron chi connectivity index (χ4n) is 4.64. The van der Waals surface area contributed by atoms with Crippen LogP contribution in [0.5, 0.6) is 5.06 Å². The minimum atomic E-state index is -3.79. The molecule has 0 saturated carbocycles. The number of fused-ring (bicyclic) bond motifs is 1. The van der Waals surface area contributed by atoms with Gasteiger partial charge in [-0.25, -0.2) is 13.2 Å². The van der Waals surface area contributed by atoms with Gasteiger partial charge in [-0.2, -0.15) is 4.31 Å². The molecule has 188 valence electrons. The van der Waals surface area contributed by atoms with Gasteiger partial charge in [-0.3, -0.25) is 14.6 Å². The Labute approximate surface area is 208 Å². The number of rotatable bonds is 8. The summed E-state index contributed by atoms with van der Waals surface area (Å²) in [4.78, 5) is 44.2. The highest BCUT2D eigenvalue weighted by Crippen LogP contribution is 2.33. The van der Waals surface area contributed by atoms with Crippen LogP contribution < -0.4 is 10.1 Å². The van der Waals surface area contributed by atoms with Crippen LogP contribution in [0.25, 0.3) is 0 Å². The van der Waals surface area contributed by atoms with Crippen molar-refractivity contribution in [3.63, 3.8) is 0 Å². The Morgan fingerprint density at radius 1 is 1.29 bits per heavy atom. The monoisotopic (exact) mass is 520 g/mol. The van der Waals surface area contributed by atoms with E-state index in [0.29, 0.717) is 23.5 Å². The largest absolute Gasteiger partial charge is 0.414 e. The second-order valence-electron chi connectivity index (χ2n) is 9.11. The Balaban J connectivity index is 1.48. The maximum atomic E-state index is 13.5. The van der Waals surface area contributed by atoms with E-state index in [0.717, 1.165) is 0 Å². The molecule has 2 fully saturated rings. The fourth-order valence-corrected chi connectivity index (χ4v) is 6.92. The van der Waals surface area contributed by atoms with Crippen LogP contribution in [0.15, 0.2) is 42.0 Å². The van der Waals surface area contributed by atoms with Crippen molar-refractivity contribution in [3.05, 3.63) is 47.6 Å². The molecule has 2 aromatic rings. The number of hydrogen-bond donors (Lipinski definition) is 1. The number of carbonyl (C=O) groups excluding carboxylic acids is 3. The van der Waals surface area contributed by atoms with Crippen molar-refractivity contribution in [2.24, 2.45) is 5.92 Å². The summed E-state index contributed by atoms with van der Waals surface area (Å²) < 4.78 is 32.7. The van der Waals surface area contributed by atoms with Crippen LogP contribution in [0.4, 0.5) is 4.79 Å². The first-order valence-corrected chi connectivity index (χ1v) is 13.9. The third-order valence-corrected chi connectivity index (χ3v) is 8.63. The predicted molar refractivity (Wildman–Crippen MR) is 129 cm³/mol. The maximum absolute atomic E-state index is 13.5. The molecular formula is C23H28N4O6S2. The minimum Gasteiger partial charge on any atom is -0.399 e. The molecule has 4 heterocycles. The van der Waals surface area contributed by atoms with Crippen LogP contribution in [-0.4, -0.2) is 71.6 Å². The SMILES string of the molecule is CC(C)CC(NC(=O)Oc1cccs1)C(=O)N1CCC2C1C(=O)CN2S(=O)(=O)Cc1cccnc1. The molecule has 1 N–H and O–H groups in total. The van der Waals surface area contributed by atoms with Crippen molar-refractivity contribution in [2.75, 3.05) is 13.1 Å². The van der Waals surface area contributed by atoms with Crippen LogP contribution >= 0.6 is 11.3 Å². The highest BCUT2D eigenvalue weighted by molar-refractivity contribution is 7.88. The Hall–Kier alpha value is -2.83. The molecule has 0 aliphatic carbocycles. The molecule has 0 bridgehead atoms. The summed E-state index contributed by atoms with van der Waals surface area (Å²) >= 11 is 1.25. The van der Waals surface area contributed by atoms with E-state index in [1.165, 1.54) is 26.7 Å². The summed E-state index contributed by atoms with van der Waals surface area (Å²) in [7, 11) is -3.79. The van der Waals surface area contributed by atoms with Gasteiger partial charge >= 0.3 is 6.09 Å². The number of sulfonamides is 1. The molecule has 35 heavy (non-hydrogen) atoms. The van der Waals surface area contributed by atoms with Crippen molar-refractivity contribution < 1.29 is 27.5 Å². The van der Waals surface area contributed by atoms with Crippen LogP contribution in [0.1, 0.15) is 32.3 Å². The molecule has 2 aromatic heterocycles. The molecule has 0 aromatic carbocycles. The fraction of sp³-hybridized carbons (Fsp3) is 0.478. The summed E-state index contributed by atoms with van der Waals surface area (Å²) in [5.74, 6) is -0.911.